The molecule has 0 spiro atoms. The molecule has 0 bridgehead atoms. The number of likely N-dealkylation sites (tertiary alicyclic amines) is 2. The van der Waals surface area contributed by atoms with Gasteiger partial charge in [-0.05, 0) is 78.0 Å². The number of benzene rings is 2. The van der Waals surface area contributed by atoms with Gasteiger partial charge in [0, 0.05) is 61.8 Å². The van der Waals surface area contributed by atoms with Crippen LogP contribution in [-0.2, 0) is 4.74 Å². The summed E-state index contributed by atoms with van der Waals surface area (Å²) in [5, 5.41) is 14.3. The van der Waals surface area contributed by atoms with Gasteiger partial charge in [-0.2, -0.15) is 19.2 Å². The molecule has 3 aliphatic rings. The molecule has 4 amide bonds. The maximum absolute atomic E-state index is 14.5. The number of carbonyl (C=O) groups excluding carboxylic acids is 2. The molecule has 7 heterocycles. The van der Waals surface area contributed by atoms with Gasteiger partial charge < -0.3 is 30.1 Å². The highest BCUT2D eigenvalue weighted by molar-refractivity contribution is 9.10. The number of ether oxygens (including phenoxy) is 1. The average molecular weight is 817 g/mol. The van der Waals surface area contributed by atoms with E-state index in [1.807, 2.05) is 0 Å². The van der Waals surface area contributed by atoms with Gasteiger partial charge in [-0.25, -0.2) is 38.3 Å². The van der Waals surface area contributed by atoms with E-state index in [2.05, 4.69) is 61.6 Å². The van der Waals surface area contributed by atoms with Gasteiger partial charge in [0.25, 0.3) is 11.6 Å². The van der Waals surface area contributed by atoms with Gasteiger partial charge >= 0.3 is 12.1 Å². The van der Waals surface area contributed by atoms with Crippen LogP contribution in [0.25, 0.3) is 34.1 Å². The third kappa shape index (κ3) is 7.88. The lowest BCUT2D eigenvalue weighted by Crippen LogP contribution is -2.37. The van der Waals surface area contributed by atoms with Crippen LogP contribution in [0.2, 0.25) is 0 Å². The van der Waals surface area contributed by atoms with Crippen molar-refractivity contribution < 1.29 is 23.1 Å². The molecule has 3 saturated heterocycles. The first-order valence-electron chi connectivity index (χ1n) is 17.9. The largest absolute Gasteiger partial charge is 0.378 e. The van der Waals surface area contributed by atoms with Gasteiger partial charge in [0.1, 0.15) is 16.2 Å². The Morgan fingerprint density at radius 1 is 0.655 bits per heavy atom. The molecular weight excluding hydrogens is 780 g/mol. The topological polar surface area (TPSA) is 163 Å². The number of halogens is 3. The third-order valence-electron chi connectivity index (χ3n) is 9.52. The number of anilines is 3. The summed E-state index contributed by atoms with van der Waals surface area (Å²) in [5.74, 6) is 0.700. The Bertz CT molecular complexity index is 2350. The molecule has 3 fully saturated rings. The second-order valence-electron chi connectivity index (χ2n) is 13.1. The number of rotatable bonds is 5. The zero-order valence-electron chi connectivity index (χ0n) is 29.5. The van der Waals surface area contributed by atoms with Crippen molar-refractivity contribution in [2.75, 3.05) is 68.0 Å². The van der Waals surface area contributed by atoms with E-state index in [4.69, 9.17) is 4.74 Å². The van der Waals surface area contributed by atoms with Crippen LogP contribution in [0.5, 0.6) is 0 Å². The fourth-order valence-electron chi connectivity index (χ4n) is 6.62. The molecule has 55 heavy (non-hydrogen) atoms. The summed E-state index contributed by atoms with van der Waals surface area (Å²) in [6.45, 7) is 5.80. The predicted octanol–water partition coefficient (Wildman–Crippen LogP) is 5.72. The number of imidazole rings is 2. The van der Waals surface area contributed by atoms with Crippen LogP contribution < -0.4 is 15.5 Å². The molecule has 2 N–H and O–H groups in total. The van der Waals surface area contributed by atoms with Crippen LogP contribution in [0.1, 0.15) is 25.7 Å². The first-order chi connectivity index (χ1) is 26.8. The molecule has 3 aliphatic heterocycles. The molecule has 0 radical (unpaired) electrons. The van der Waals surface area contributed by atoms with Gasteiger partial charge in [0.15, 0.2) is 5.82 Å². The zero-order valence-corrected chi connectivity index (χ0v) is 31.1. The lowest BCUT2D eigenvalue weighted by Gasteiger charge is -2.27. The van der Waals surface area contributed by atoms with Crippen LogP contribution in [0.4, 0.5) is 35.6 Å². The standard InChI is InChI=1S/C20H22FN7O2.C16H14BrFN6O/c21-16-4-3-14(24-20(29)27-5-1-2-6-27)11-15(16)17-12-23-28-18(13-22-19(28)25-17)26-7-9-30-10-8-26;17-14-9-19-15-22-13(8-20-24(14)15)11-7-10(3-4-12(11)18)21-16(25)23-5-1-2-6-23/h3-4,11-13H,1-2,5-10H2,(H,24,29);3-4,7-9H,1-2,5-6H2,(H,21,25). The van der Waals surface area contributed by atoms with E-state index in [1.165, 1.54) is 35.1 Å². The van der Waals surface area contributed by atoms with E-state index < -0.39 is 11.6 Å². The highest BCUT2D eigenvalue weighted by Gasteiger charge is 2.21. The Labute approximate surface area is 321 Å². The minimum Gasteiger partial charge on any atom is -0.378 e. The summed E-state index contributed by atoms with van der Waals surface area (Å²) in [6.07, 6.45) is 10.3. The molecule has 19 heteroatoms. The summed E-state index contributed by atoms with van der Waals surface area (Å²) in [5.41, 5.74) is 2.26. The van der Waals surface area contributed by atoms with Crippen LogP contribution in [0, 0.1) is 11.6 Å². The highest BCUT2D eigenvalue weighted by Crippen LogP contribution is 2.27. The number of urea groups is 2. The van der Waals surface area contributed by atoms with Crippen LogP contribution >= 0.6 is 15.9 Å². The fourth-order valence-corrected chi connectivity index (χ4v) is 6.98. The van der Waals surface area contributed by atoms with E-state index in [0.717, 1.165) is 70.8 Å². The van der Waals surface area contributed by atoms with E-state index in [9.17, 15) is 18.4 Å². The Morgan fingerprint density at radius 3 is 1.69 bits per heavy atom. The summed E-state index contributed by atoms with van der Waals surface area (Å²) in [6, 6.07) is 8.50. The number of nitrogens with zero attached hydrogens (tertiary/aromatic N) is 11. The summed E-state index contributed by atoms with van der Waals surface area (Å²) >= 11 is 3.30. The third-order valence-corrected chi connectivity index (χ3v) is 10.1. The lowest BCUT2D eigenvalue weighted by atomic mass is 10.1. The molecule has 0 atom stereocenters. The number of hydrogen-bond donors (Lipinski definition) is 2. The van der Waals surface area contributed by atoms with Gasteiger partial charge in [-0.3, -0.25) is 0 Å². The van der Waals surface area contributed by atoms with Gasteiger partial charge in [-0.1, -0.05) is 0 Å². The molecule has 0 unspecified atom stereocenters. The maximum Gasteiger partial charge on any atom is 0.321 e. The zero-order chi connectivity index (χ0) is 37.9. The molecule has 4 aromatic heterocycles. The molecule has 9 rings (SSSR count). The maximum atomic E-state index is 14.5. The lowest BCUT2D eigenvalue weighted by molar-refractivity contribution is 0.122. The molecule has 2 aromatic carbocycles. The van der Waals surface area contributed by atoms with Gasteiger partial charge in [-0.15, -0.1) is 0 Å². The van der Waals surface area contributed by atoms with Crippen molar-refractivity contribution in [2.45, 2.75) is 25.7 Å². The number of fused-ring (bicyclic) bond motifs is 2. The minimum atomic E-state index is -0.441. The minimum absolute atomic E-state index is 0.171. The number of aromatic nitrogens is 8. The number of nitrogens with one attached hydrogen (secondary N) is 2. The molecule has 0 aliphatic carbocycles. The van der Waals surface area contributed by atoms with Crippen molar-refractivity contribution in [3.63, 3.8) is 0 Å². The molecular formula is C36H36BrF2N13O3. The van der Waals surface area contributed by atoms with Crippen LogP contribution in [0.3, 0.4) is 0 Å². The van der Waals surface area contributed by atoms with Crippen molar-refractivity contribution in [3.8, 4) is 22.5 Å². The van der Waals surface area contributed by atoms with Crippen molar-refractivity contribution in [2.24, 2.45) is 0 Å². The number of carbonyl (C=O) groups is 2. The number of amides is 4. The quantitative estimate of drug-likeness (QED) is 0.220. The first-order valence-corrected chi connectivity index (χ1v) is 18.7. The predicted molar refractivity (Wildman–Crippen MR) is 203 cm³/mol. The van der Waals surface area contributed by atoms with Crippen LogP contribution in [0.15, 0.2) is 65.8 Å². The molecule has 6 aromatic rings. The van der Waals surface area contributed by atoms with E-state index in [1.54, 1.807) is 44.9 Å². The van der Waals surface area contributed by atoms with Crippen molar-refractivity contribution in [1.82, 2.24) is 49.0 Å². The fraction of sp³-hybridized carbons (Fsp3) is 0.333. The Kier molecular flexibility index (Phi) is 10.4. The van der Waals surface area contributed by atoms with Gasteiger partial charge in [0.05, 0.1) is 49.4 Å². The van der Waals surface area contributed by atoms with E-state index in [0.29, 0.717) is 52.1 Å². The van der Waals surface area contributed by atoms with Crippen molar-refractivity contribution >= 4 is 56.7 Å². The Balaban J connectivity index is 0.000000158. The van der Waals surface area contributed by atoms with E-state index in [-0.39, 0.29) is 23.2 Å². The SMILES string of the molecule is O=C(Nc1ccc(F)c(-c2cnn3c(Br)cnc3n2)c1)N1CCCC1.O=C(Nc1ccc(F)c(-c2cnn3c(N4CCOCC4)cnc3n2)c1)N1CCCC1. The Hall–Kier alpha value is -5.82. The van der Waals surface area contributed by atoms with Crippen molar-refractivity contribution in [3.05, 3.63) is 77.4 Å². The van der Waals surface area contributed by atoms with Crippen LogP contribution in [-0.4, -0.2) is 114 Å². The summed E-state index contributed by atoms with van der Waals surface area (Å²) in [7, 11) is 0. The van der Waals surface area contributed by atoms with E-state index >= 15 is 0 Å². The molecule has 0 saturated carbocycles. The smallest absolute Gasteiger partial charge is 0.321 e. The Morgan fingerprint density at radius 2 is 1.15 bits per heavy atom. The second-order valence-corrected chi connectivity index (χ2v) is 14.0. The number of hydrogen-bond acceptors (Lipinski definition) is 10. The van der Waals surface area contributed by atoms with Crippen molar-refractivity contribution in [1.29, 1.82) is 0 Å². The average Bonchev–Trinajstić information content (AvgIpc) is 4.05. The first kappa shape index (κ1) is 36.2. The number of morpholine rings is 1. The monoisotopic (exact) mass is 815 g/mol. The highest BCUT2D eigenvalue weighted by atomic mass is 79.9. The molecule has 16 nitrogen and oxygen atoms in total. The normalized spacial score (nSPS) is 15.7. The second kappa shape index (κ2) is 15.9. The van der Waals surface area contributed by atoms with Gasteiger partial charge in [0.2, 0.25) is 0 Å². The summed E-state index contributed by atoms with van der Waals surface area (Å²) < 4.78 is 38.0. The molecule has 284 valence electrons. The summed E-state index contributed by atoms with van der Waals surface area (Å²) in [4.78, 5) is 47.4.